The molecule has 6 nitrogen and oxygen atoms in total. The van der Waals surface area contributed by atoms with E-state index in [-0.39, 0.29) is 0 Å². The summed E-state index contributed by atoms with van der Waals surface area (Å²) < 4.78 is 7.29. The molecule has 132 valence electrons. The molecule has 26 heavy (non-hydrogen) atoms. The van der Waals surface area contributed by atoms with Gasteiger partial charge in [-0.3, -0.25) is 0 Å². The molecule has 0 saturated carbocycles. The van der Waals surface area contributed by atoms with E-state index >= 15 is 0 Å². The highest BCUT2D eigenvalue weighted by Gasteiger charge is 2.07. The van der Waals surface area contributed by atoms with Crippen LogP contribution in [0.15, 0.2) is 71.9 Å². The number of hydrogen-bond acceptors (Lipinski definition) is 3. The van der Waals surface area contributed by atoms with Crippen LogP contribution in [0.5, 0.6) is 5.88 Å². The Labute approximate surface area is 155 Å². The van der Waals surface area contributed by atoms with E-state index < -0.39 is 6.03 Å². The molecule has 2 aromatic carbocycles. The number of carbonyl (C=O) groups excluding carboxylic acids is 1. The highest BCUT2D eigenvalue weighted by atomic mass is 35.5. The van der Waals surface area contributed by atoms with Gasteiger partial charge in [0.2, 0.25) is 5.88 Å². The lowest BCUT2D eigenvalue weighted by Crippen LogP contribution is -2.17. The van der Waals surface area contributed by atoms with E-state index in [0.29, 0.717) is 28.6 Å². The van der Waals surface area contributed by atoms with Gasteiger partial charge in [-0.1, -0.05) is 41.9 Å². The lowest BCUT2D eigenvalue weighted by atomic mass is 10.3. The molecule has 0 bridgehead atoms. The molecule has 0 fully saturated rings. The number of ether oxygens (including phenoxy) is 1. The van der Waals surface area contributed by atoms with E-state index in [1.165, 1.54) is 6.20 Å². The highest BCUT2D eigenvalue weighted by Crippen LogP contribution is 2.20. The van der Waals surface area contributed by atoms with E-state index in [0.717, 1.165) is 5.69 Å². The van der Waals surface area contributed by atoms with Crippen LogP contribution in [0.1, 0.15) is 6.92 Å². The van der Waals surface area contributed by atoms with Crippen LogP contribution in [0, 0.1) is 0 Å². The first-order chi connectivity index (χ1) is 12.7. The summed E-state index contributed by atoms with van der Waals surface area (Å²) in [7, 11) is 0. The first-order valence-corrected chi connectivity index (χ1v) is 8.43. The van der Waals surface area contributed by atoms with Gasteiger partial charge in [-0.25, -0.2) is 9.48 Å². The van der Waals surface area contributed by atoms with Crippen LogP contribution in [0.25, 0.3) is 5.69 Å². The summed E-state index contributed by atoms with van der Waals surface area (Å²) in [5.74, 6) is 0.491. The quantitative estimate of drug-likeness (QED) is 0.755. The van der Waals surface area contributed by atoms with E-state index in [1.807, 2.05) is 37.3 Å². The molecule has 3 aromatic rings. The highest BCUT2D eigenvalue weighted by molar-refractivity contribution is 6.33. The number of para-hydroxylation sites is 2. The predicted molar refractivity (Wildman–Crippen MR) is 101 cm³/mol. The molecular weight excluding hydrogens is 352 g/mol. The molecule has 0 radical (unpaired) electrons. The van der Waals surface area contributed by atoms with Gasteiger partial charge in [0, 0.05) is 6.07 Å². The summed E-state index contributed by atoms with van der Waals surface area (Å²) in [6.07, 6.45) is 1.50. The van der Waals surface area contributed by atoms with Crippen LogP contribution >= 0.6 is 11.6 Å². The van der Waals surface area contributed by atoms with Gasteiger partial charge in [0.1, 0.15) is 0 Å². The number of nitrogens with one attached hydrogen (secondary N) is 1. The molecule has 0 atom stereocenters. The number of aromatic nitrogens is 2. The number of amides is 2. The van der Waals surface area contributed by atoms with Crippen LogP contribution in [0.2, 0.25) is 5.02 Å². The summed E-state index contributed by atoms with van der Waals surface area (Å²) in [6.45, 7) is 2.34. The summed E-state index contributed by atoms with van der Waals surface area (Å²) in [5, 5.41) is 7.80. The number of nitrogens with zero attached hydrogens (tertiary/aromatic N) is 3. The second-order valence-electron chi connectivity index (χ2n) is 5.25. The monoisotopic (exact) mass is 368 g/mol. The summed E-state index contributed by atoms with van der Waals surface area (Å²) in [4.78, 5) is 16.2. The number of halogens is 1. The van der Waals surface area contributed by atoms with Gasteiger partial charge in [0.25, 0.3) is 0 Å². The van der Waals surface area contributed by atoms with E-state index in [9.17, 15) is 4.79 Å². The van der Waals surface area contributed by atoms with Crippen LogP contribution in [-0.2, 0) is 0 Å². The Hall–Kier alpha value is -3.12. The molecule has 0 saturated heterocycles. The Balaban J connectivity index is 1.90. The average molecular weight is 369 g/mol. The number of urea groups is 1. The van der Waals surface area contributed by atoms with E-state index in [4.69, 9.17) is 16.3 Å². The average Bonchev–Trinajstić information content (AvgIpc) is 2.65. The van der Waals surface area contributed by atoms with Gasteiger partial charge in [-0.2, -0.15) is 10.1 Å². The fourth-order valence-corrected chi connectivity index (χ4v) is 2.48. The fourth-order valence-electron chi connectivity index (χ4n) is 2.30. The first-order valence-electron chi connectivity index (χ1n) is 8.05. The number of carbonyl (C=O) groups is 1. The van der Waals surface area contributed by atoms with Crippen molar-refractivity contribution in [3.63, 3.8) is 0 Å². The fraction of sp³-hybridized carbons (Fsp3) is 0.105. The third-order valence-electron chi connectivity index (χ3n) is 3.42. The largest absolute Gasteiger partial charge is 0.478 e. The number of anilines is 1. The third kappa shape index (κ3) is 4.29. The van der Waals surface area contributed by atoms with Gasteiger partial charge >= 0.3 is 6.03 Å². The topological polar surface area (TPSA) is 68.5 Å². The minimum Gasteiger partial charge on any atom is -0.478 e. The second kappa shape index (κ2) is 8.31. The molecular formula is C19H17ClN4O2. The normalized spacial score (nSPS) is 11.2. The minimum atomic E-state index is -0.542. The van der Waals surface area contributed by atoms with Crippen molar-refractivity contribution in [3.05, 3.63) is 77.2 Å². The van der Waals surface area contributed by atoms with Crippen molar-refractivity contribution < 1.29 is 9.53 Å². The lowest BCUT2D eigenvalue weighted by molar-refractivity contribution is 0.259. The van der Waals surface area contributed by atoms with E-state index in [2.05, 4.69) is 15.4 Å². The minimum absolute atomic E-state index is 0.380. The Kier molecular flexibility index (Phi) is 5.66. The van der Waals surface area contributed by atoms with Gasteiger partial charge in [-0.15, -0.1) is 0 Å². The molecule has 1 aromatic heterocycles. The summed E-state index contributed by atoms with van der Waals surface area (Å²) in [5.41, 5.74) is 1.35. The molecule has 0 aliphatic heterocycles. The Morgan fingerprint density at radius 3 is 2.65 bits per heavy atom. The zero-order valence-electron chi connectivity index (χ0n) is 14.1. The van der Waals surface area contributed by atoms with E-state index in [1.54, 1.807) is 35.0 Å². The third-order valence-corrected chi connectivity index (χ3v) is 3.75. The Morgan fingerprint density at radius 1 is 1.19 bits per heavy atom. The molecule has 1 N–H and O–H groups in total. The Bertz CT molecular complexity index is 971. The lowest BCUT2D eigenvalue weighted by Gasteiger charge is -2.11. The molecule has 0 unspecified atom stereocenters. The van der Waals surface area contributed by atoms with Crippen molar-refractivity contribution in [2.24, 2.45) is 4.99 Å². The molecule has 0 aliphatic carbocycles. The van der Waals surface area contributed by atoms with Gasteiger partial charge in [0.05, 0.1) is 34.6 Å². The number of benzene rings is 2. The van der Waals surface area contributed by atoms with Crippen molar-refractivity contribution in [1.29, 1.82) is 0 Å². The van der Waals surface area contributed by atoms with Crippen LogP contribution in [0.4, 0.5) is 10.5 Å². The second-order valence-corrected chi connectivity index (χ2v) is 5.66. The summed E-state index contributed by atoms with van der Waals surface area (Å²) >= 11 is 6.03. The molecule has 7 heteroatoms. The standard InChI is InChI=1S/C19H17ClN4O2/c1-2-26-18-12-14(13-21-24(18)15-8-4-3-5-9-15)22-19(25)23-17-11-7-6-10-16(17)20/h3-13H,2H2,1H3,(H,23,25)/b22-14-. The predicted octanol–water partition coefficient (Wildman–Crippen LogP) is 4.06. The smallest absolute Gasteiger partial charge is 0.346 e. The van der Waals surface area contributed by atoms with Crippen molar-refractivity contribution in [1.82, 2.24) is 9.78 Å². The van der Waals surface area contributed by atoms with Crippen LogP contribution < -0.4 is 15.4 Å². The zero-order chi connectivity index (χ0) is 18.4. The first kappa shape index (κ1) is 17.7. The molecule has 1 heterocycles. The molecule has 2 amide bonds. The maximum absolute atomic E-state index is 12.1. The maximum Gasteiger partial charge on any atom is 0.346 e. The van der Waals surface area contributed by atoms with Crippen molar-refractivity contribution >= 4 is 23.3 Å². The van der Waals surface area contributed by atoms with Gasteiger partial charge in [-0.05, 0) is 31.2 Å². The van der Waals surface area contributed by atoms with Gasteiger partial charge < -0.3 is 10.1 Å². The molecule has 0 spiro atoms. The number of rotatable bonds is 4. The summed E-state index contributed by atoms with van der Waals surface area (Å²) in [6, 6.07) is 17.7. The van der Waals surface area contributed by atoms with Crippen molar-refractivity contribution in [3.8, 4) is 11.6 Å². The number of hydrogen-bond donors (Lipinski definition) is 1. The zero-order valence-corrected chi connectivity index (χ0v) is 14.8. The molecule has 3 rings (SSSR count). The SMILES string of the molecule is CCOc1c/c(=N/C(=O)Nc2ccccc2Cl)cnn1-c1ccccc1. The van der Waals surface area contributed by atoms with Crippen LogP contribution in [0.3, 0.4) is 0 Å². The Morgan fingerprint density at radius 2 is 1.92 bits per heavy atom. The van der Waals surface area contributed by atoms with Crippen molar-refractivity contribution in [2.75, 3.05) is 11.9 Å². The maximum atomic E-state index is 12.1. The van der Waals surface area contributed by atoms with Crippen LogP contribution in [-0.4, -0.2) is 22.4 Å². The van der Waals surface area contributed by atoms with Crippen molar-refractivity contribution in [2.45, 2.75) is 6.92 Å². The van der Waals surface area contributed by atoms with Gasteiger partial charge in [0.15, 0.2) is 0 Å². The molecule has 0 aliphatic rings.